The third kappa shape index (κ3) is 4.05. The first-order valence-electron chi connectivity index (χ1n) is 11.5. The highest BCUT2D eigenvalue weighted by Crippen LogP contribution is 2.60. The van der Waals surface area contributed by atoms with Gasteiger partial charge in [0.15, 0.2) is 5.78 Å². The summed E-state index contributed by atoms with van der Waals surface area (Å²) in [7, 11) is 0. The smallest absolute Gasteiger partial charge is 0.273 e. The van der Waals surface area contributed by atoms with E-state index in [0.29, 0.717) is 5.56 Å². The number of amides is 3. The number of aryl methyl sites for hydroxylation is 2. The summed E-state index contributed by atoms with van der Waals surface area (Å²) in [6.07, 6.45) is 0.759. The Labute approximate surface area is 235 Å². The van der Waals surface area contributed by atoms with Crippen molar-refractivity contribution in [3.8, 4) is 0 Å². The van der Waals surface area contributed by atoms with Gasteiger partial charge < -0.3 is 0 Å². The number of carbonyl (C=O) groups is 4. The van der Waals surface area contributed by atoms with Gasteiger partial charge in [0.05, 0.1) is 21.9 Å². The molecular formula is C26H22Br2Cl2N2O4. The number of hydrogen-bond acceptors (Lipinski definition) is 4. The normalized spacial score (nSPS) is 28.6. The molecule has 6 nitrogen and oxygen atoms in total. The lowest BCUT2D eigenvalue weighted by Crippen LogP contribution is -2.52. The van der Waals surface area contributed by atoms with Crippen LogP contribution in [0.25, 0.3) is 0 Å². The summed E-state index contributed by atoms with van der Waals surface area (Å²) >= 11 is 19.5. The molecule has 188 valence electrons. The number of hydrogen-bond donors (Lipinski definition) is 0. The highest BCUT2D eigenvalue weighted by Gasteiger charge is 2.67. The van der Waals surface area contributed by atoms with Crippen LogP contribution in [-0.2, 0) is 9.59 Å². The van der Waals surface area contributed by atoms with Crippen LogP contribution in [0, 0.1) is 37.5 Å². The van der Waals surface area contributed by atoms with Gasteiger partial charge in [0.1, 0.15) is 6.54 Å². The first kappa shape index (κ1) is 25.9. The number of imide groups is 1. The second kappa shape index (κ2) is 9.53. The van der Waals surface area contributed by atoms with E-state index >= 15 is 0 Å². The summed E-state index contributed by atoms with van der Waals surface area (Å²) in [6, 6.07) is 9.55. The van der Waals surface area contributed by atoms with Crippen LogP contribution in [0.1, 0.15) is 38.3 Å². The molecule has 2 bridgehead atoms. The third-order valence-corrected chi connectivity index (χ3v) is 11.7. The molecule has 1 heterocycles. The standard InChI is InChI=1S/C26H22Br2Cl2N2O4/c1-11-3-4-13(7-12(11)2)19(33)10-31(24(34)14-5-6-17(29)18(30)8-14)32-25(35)20-15-9-16(21(20)26(32)36)23(28)22(15)27/h3-8,15-16,20-23H,9-10H2,1-2H3/t15-,16-,20-,21-,22+,23+/m1/s1. The number of rotatable bonds is 5. The Kier molecular flexibility index (Phi) is 6.86. The van der Waals surface area contributed by atoms with Crippen molar-refractivity contribution in [2.75, 3.05) is 6.54 Å². The summed E-state index contributed by atoms with van der Waals surface area (Å²) in [5.41, 5.74) is 2.46. The fourth-order valence-corrected chi connectivity index (χ4v) is 7.90. The molecule has 10 heteroatoms. The van der Waals surface area contributed by atoms with Gasteiger partial charge >= 0.3 is 0 Å². The highest BCUT2D eigenvalue weighted by atomic mass is 79.9. The largest absolute Gasteiger partial charge is 0.292 e. The lowest BCUT2D eigenvalue weighted by atomic mass is 9.81. The molecule has 0 aromatic heterocycles. The molecule has 6 atom stereocenters. The van der Waals surface area contributed by atoms with E-state index in [2.05, 4.69) is 31.9 Å². The summed E-state index contributed by atoms with van der Waals surface area (Å²) in [5.74, 6) is -3.05. The summed E-state index contributed by atoms with van der Waals surface area (Å²) in [4.78, 5) is 54.5. The molecule has 0 radical (unpaired) electrons. The molecule has 1 aliphatic heterocycles. The van der Waals surface area contributed by atoms with Crippen LogP contribution >= 0.6 is 55.1 Å². The Hall–Kier alpha value is -1.74. The average molecular weight is 657 g/mol. The van der Waals surface area contributed by atoms with E-state index in [0.717, 1.165) is 27.6 Å². The maximum Gasteiger partial charge on any atom is 0.273 e. The van der Waals surface area contributed by atoms with Gasteiger partial charge in [0.2, 0.25) is 0 Å². The maximum atomic E-state index is 13.7. The Bertz CT molecular complexity index is 1290. The first-order chi connectivity index (χ1) is 17.0. The number of alkyl halides is 2. The molecule has 0 N–H and O–H groups in total. The van der Waals surface area contributed by atoms with Crippen LogP contribution < -0.4 is 0 Å². The Morgan fingerprint density at radius 2 is 1.47 bits per heavy atom. The Balaban J connectivity index is 1.52. The van der Waals surface area contributed by atoms with Gasteiger partial charge in [0.25, 0.3) is 17.7 Å². The van der Waals surface area contributed by atoms with Gasteiger partial charge in [-0.25, -0.2) is 5.01 Å². The molecule has 0 spiro atoms. The van der Waals surface area contributed by atoms with E-state index in [4.69, 9.17) is 23.2 Å². The quantitative estimate of drug-likeness (QED) is 0.238. The van der Waals surface area contributed by atoms with Crippen molar-refractivity contribution >= 4 is 78.6 Å². The average Bonchev–Trinajstić information content (AvgIpc) is 3.45. The number of fused-ring (bicyclic) bond motifs is 5. The SMILES string of the molecule is Cc1ccc(C(=O)CN(C(=O)c2ccc(Cl)c(Cl)c2)N2C(=O)[C@@H]3[C@H]4C[C@@H]([C@H](Br)[C@H]4Br)[C@H]3C2=O)cc1C. The molecule has 5 rings (SSSR count). The van der Waals surface area contributed by atoms with Crippen LogP contribution in [0.3, 0.4) is 0 Å². The second-order valence-electron chi connectivity index (χ2n) is 9.71. The van der Waals surface area contributed by atoms with E-state index in [9.17, 15) is 19.2 Å². The number of nitrogens with zero attached hydrogens (tertiary/aromatic N) is 2. The van der Waals surface area contributed by atoms with Crippen molar-refractivity contribution in [3.63, 3.8) is 0 Å². The van der Waals surface area contributed by atoms with Crippen LogP contribution in [0.4, 0.5) is 0 Å². The van der Waals surface area contributed by atoms with Gasteiger partial charge in [-0.05, 0) is 67.5 Å². The molecule has 2 aromatic rings. The van der Waals surface area contributed by atoms with Crippen molar-refractivity contribution in [1.29, 1.82) is 0 Å². The van der Waals surface area contributed by atoms with Gasteiger partial charge in [-0.3, -0.25) is 19.2 Å². The zero-order valence-corrected chi connectivity index (χ0v) is 24.1. The number of carbonyl (C=O) groups excluding carboxylic acids is 4. The lowest BCUT2D eigenvalue weighted by molar-refractivity contribution is -0.154. The van der Waals surface area contributed by atoms with Crippen LogP contribution in [0.15, 0.2) is 36.4 Å². The molecular weight excluding hydrogens is 635 g/mol. The Morgan fingerprint density at radius 1 is 0.889 bits per heavy atom. The molecule has 2 saturated carbocycles. The highest BCUT2D eigenvalue weighted by molar-refractivity contribution is 9.12. The van der Waals surface area contributed by atoms with Crippen LogP contribution in [0.5, 0.6) is 0 Å². The Morgan fingerprint density at radius 3 is 2.03 bits per heavy atom. The third-order valence-electron chi connectivity index (χ3n) is 7.73. The molecule has 1 saturated heterocycles. The van der Waals surface area contributed by atoms with E-state index in [-0.39, 0.29) is 42.9 Å². The van der Waals surface area contributed by atoms with Crippen molar-refractivity contribution in [3.05, 3.63) is 68.7 Å². The zero-order valence-electron chi connectivity index (χ0n) is 19.4. The van der Waals surface area contributed by atoms with Crippen LogP contribution in [-0.4, -0.2) is 49.7 Å². The fraction of sp³-hybridized carbons (Fsp3) is 0.385. The van der Waals surface area contributed by atoms with Gasteiger partial charge in [-0.1, -0.05) is 67.2 Å². The number of Topliss-reactive ketones (excluding diaryl/α,β-unsaturated/α-hetero) is 1. The summed E-state index contributed by atoms with van der Waals surface area (Å²) < 4.78 is 0. The molecule has 36 heavy (non-hydrogen) atoms. The topological polar surface area (TPSA) is 74.8 Å². The molecule has 2 aromatic carbocycles. The predicted molar refractivity (Wildman–Crippen MR) is 144 cm³/mol. The minimum absolute atomic E-state index is 0.0248. The van der Waals surface area contributed by atoms with Crippen molar-refractivity contribution < 1.29 is 19.2 Å². The molecule has 2 aliphatic carbocycles. The lowest BCUT2D eigenvalue weighted by Gasteiger charge is -2.31. The monoisotopic (exact) mass is 654 g/mol. The van der Waals surface area contributed by atoms with E-state index in [1.165, 1.54) is 18.2 Å². The number of hydrazine groups is 1. The number of ketones is 1. The van der Waals surface area contributed by atoms with Gasteiger partial charge in [0, 0.05) is 20.8 Å². The summed E-state index contributed by atoms with van der Waals surface area (Å²) in [6.45, 7) is 3.36. The minimum atomic E-state index is -0.675. The molecule has 3 aliphatic rings. The number of benzene rings is 2. The molecule has 3 amide bonds. The summed E-state index contributed by atoms with van der Waals surface area (Å²) in [5, 5.41) is 2.30. The first-order valence-corrected chi connectivity index (χ1v) is 14.1. The zero-order chi connectivity index (χ0) is 26.0. The fourth-order valence-electron chi connectivity index (χ4n) is 5.72. The van der Waals surface area contributed by atoms with Crippen molar-refractivity contribution in [2.45, 2.75) is 29.9 Å². The second-order valence-corrected chi connectivity index (χ2v) is 12.6. The van der Waals surface area contributed by atoms with Crippen molar-refractivity contribution in [2.24, 2.45) is 23.7 Å². The minimum Gasteiger partial charge on any atom is -0.292 e. The van der Waals surface area contributed by atoms with Crippen molar-refractivity contribution in [1.82, 2.24) is 10.0 Å². The van der Waals surface area contributed by atoms with E-state index < -0.39 is 36.1 Å². The molecule has 3 fully saturated rings. The number of halogens is 4. The van der Waals surface area contributed by atoms with Gasteiger partial charge in [-0.15, -0.1) is 0 Å². The van der Waals surface area contributed by atoms with Gasteiger partial charge in [-0.2, -0.15) is 5.01 Å². The molecule has 0 unspecified atom stereocenters. The maximum absolute atomic E-state index is 13.7. The van der Waals surface area contributed by atoms with Crippen LogP contribution in [0.2, 0.25) is 10.0 Å². The van der Waals surface area contributed by atoms with E-state index in [1.54, 1.807) is 12.1 Å². The van der Waals surface area contributed by atoms with E-state index in [1.807, 2.05) is 19.9 Å². The predicted octanol–water partition coefficient (Wildman–Crippen LogP) is 5.63.